The second-order valence-corrected chi connectivity index (χ2v) is 5.38. The van der Waals surface area contributed by atoms with E-state index in [1.807, 2.05) is 0 Å². The van der Waals surface area contributed by atoms with Crippen LogP contribution in [-0.4, -0.2) is 47.8 Å². The van der Waals surface area contributed by atoms with Crippen molar-refractivity contribution in [3.05, 3.63) is 0 Å². The Morgan fingerprint density at radius 3 is 2.40 bits per heavy atom. The molecule has 2 amide bonds. The summed E-state index contributed by atoms with van der Waals surface area (Å²) in [4.78, 5) is 24.4. The second-order valence-electron chi connectivity index (χ2n) is 5.38. The maximum Gasteiger partial charge on any atom is 0.390 e. The normalized spacial score (nSPS) is 23.2. The summed E-state index contributed by atoms with van der Waals surface area (Å²) in [6, 6.07) is -0.641. The molecule has 0 bridgehead atoms. The highest BCUT2D eigenvalue weighted by Gasteiger charge is 2.48. The van der Waals surface area contributed by atoms with Gasteiger partial charge >= 0.3 is 18.2 Å². The van der Waals surface area contributed by atoms with Gasteiger partial charge in [-0.2, -0.15) is 13.2 Å². The first-order valence-electron chi connectivity index (χ1n) is 6.41. The Bertz CT molecular complexity index is 385. The summed E-state index contributed by atoms with van der Waals surface area (Å²) in [5.41, 5.74) is -1.01. The van der Waals surface area contributed by atoms with E-state index in [0.29, 0.717) is 6.42 Å². The monoisotopic (exact) mass is 296 g/mol. The van der Waals surface area contributed by atoms with E-state index in [0.717, 1.165) is 0 Å². The highest BCUT2D eigenvalue weighted by molar-refractivity contribution is 5.80. The molecule has 5 nitrogen and oxygen atoms in total. The Morgan fingerprint density at radius 2 is 2.00 bits per heavy atom. The van der Waals surface area contributed by atoms with Crippen LogP contribution in [0.25, 0.3) is 0 Å². The number of carboxylic acids is 1. The molecule has 1 saturated heterocycles. The van der Waals surface area contributed by atoms with Crippen molar-refractivity contribution >= 4 is 12.0 Å². The maximum absolute atomic E-state index is 12.0. The van der Waals surface area contributed by atoms with Crippen LogP contribution in [0.3, 0.4) is 0 Å². The fourth-order valence-corrected chi connectivity index (χ4v) is 2.32. The molecule has 1 atom stereocenters. The second kappa shape index (κ2) is 5.88. The van der Waals surface area contributed by atoms with E-state index >= 15 is 0 Å². The first-order valence-corrected chi connectivity index (χ1v) is 6.41. The molecule has 0 radical (unpaired) electrons. The number of nitrogens with zero attached hydrogens (tertiary/aromatic N) is 1. The fraction of sp³-hybridized carbons (Fsp3) is 0.833. The highest BCUT2D eigenvalue weighted by Crippen LogP contribution is 2.38. The lowest BCUT2D eigenvalue weighted by Crippen LogP contribution is -2.44. The lowest BCUT2D eigenvalue weighted by atomic mass is 9.76. The summed E-state index contributed by atoms with van der Waals surface area (Å²) in [5.74, 6) is -1.13. The van der Waals surface area contributed by atoms with Gasteiger partial charge in [0.15, 0.2) is 0 Å². The maximum atomic E-state index is 12.0. The minimum absolute atomic E-state index is 0.0256. The van der Waals surface area contributed by atoms with Gasteiger partial charge in [-0.05, 0) is 12.3 Å². The van der Waals surface area contributed by atoms with Crippen LogP contribution >= 0.6 is 0 Å². The van der Waals surface area contributed by atoms with Gasteiger partial charge < -0.3 is 15.3 Å². The summed E-state index contributed by atoms with van der Waals surface area (Å²) < 4.78 is 35.9. The molecule has 0 aromatic rings. The highest BCUT2D eigenvalue weighted by atomic mass is 19.4. The zero-order chi connectivity index (χ0) is 15.6. The summed E-state index contributed by atoms with van der Waals surface area (Å²) in [5, 5.41) is 11.5. The topological polar surface area (TPSA) is 69.6 Å². The van der Waals surface area contributed by atoms with Crippen molar-refractivity contribution in [2.75, 3.05) is 19.6 Å². The van der Waals surface area contributed by atoms with Crippen LogP contribution in [0.2, 0.25) is 0 Å². The standard InChI is InChI=1S/C12H19F3N2O3/c1-8(2)11(9(18)19)4-6-17(7-11)10(20)16-5-3-12(13,14)15/h8H,3-7H2,1-2H3,(H,16,20)(H,18,19). The van der Waals surface area contributed by atoms with E-state index in [-0.39, 0.29) is 19.0 Å². The number of nitrogens with one attached hydrogen (secondary N) is 1. The largest absolute Gasteiger partial charge is 0.481 e. The van der Waals surface area contributed by atoms with E-state index in [4.69, 9.17) is 0 Å². The fourth-order valence-electron chi connectivity index (χ4n) is 2.32. The quantitative estimate of drug-likeness (QED) is 0.834. The average molecular weight is 296 g/mol. The van der Waals surface area contributed by atoms with Crippen LogP contribution in [0.15, 0.2) is 0 Å². The molecule has 0 aliphatic carbocycles. The number of hydrogen-bond acceptors (Lipinski definition) is 2. The molecule has 116 valence electrons. The van der Waals surface area contributed by atoms with E-state index in [9.17, 15) is 27.9 Å². The number of amides is 2. The first kappa shape index (κ1) is 16.6. The third kappa shape index (κ3) is 3.77. The van der Waals surface area contributed by atoms with Crippen molar-refractivity contribution in [2.45, 2.75) is 32.9 Å². The van der Waals surface area contributed by atoms with Gasteiger partial charge in [0.05, 0.1) is 11.8 Å². The van der Waals surface area contributed by atoms with E-state index in [2.05, 4.69) is 5.32 Å². The molecular weight excluding hydrogens is 277 g/mol. The predicted molar refractivity (Wildman–Crippen MR) is 65.2 cm³/mol. The Hall–Kier alpha value is -1.47. The smallest absolute Gasteiger partial charge is 0.390 e. The molecule has 1 aliphatic rings. The number of likely N-dealkylation sites (tertiary alicyclic amines) is 1. The molecule has 2 N–H and O–H groups in total. The Balaban J connectivity index is 2.55. The van der Waals surface area contributed by atoms with Crippen LogP contribution in [0.5, 0.6) is 0 Å². The Morgan fingerprint density at radius 1 is 1.40 bits per heavy atom. The summed E-state index contributed by atoms with van der Waals surface area (Å²) >= 11 is 0. The number of rotatable bonds is 4. The van der Waals surface area contributed by atoms with E-state index in [1.54, 1.807) is 13.8 Å². The third-order valence-corrected chi connectivity index (χ3v) is 3.80. The number of urea groups is 1. The number of carbonyl (C=O) groups is 2. The van der Waals surface area contributed by atoms with Gasteiger partial charge in [0, 0.05) is 19.6 Å². The van der Waals surface area contributed by atoms with Gasteiger partial charge in [0.2, 0.25) is 0 Å². The molecule has 1 rings (SSSR count). The van der Waals surface area contributed by atoms with E-state index < -0.39 is 36.6 Å². The Labute approximate surface area is 115 Å². The van der Waals surface area contributed by atoms with Crippen molar-refractivity contribution in [1.29, 1.82) is 0 Å². The zero-order valence-corrected chi connectivity index (χ0v) is 11.5. The number of alkyl halides is 3. The number of carbonyl (C=O) groups excluding carboxylic acids is 1. The summed E-state index contributed by atoms with van der Waals surface area (Å²) in [6.07, 6.45) is -5.10. The molecule has 0 saturated carbocycles. The van der Waals surface area contributed by atoms with Crippen LogP contribution in [-0.2, 0) is 4.79 Å². The predicted octanol–water partition coefficient (Wildman–Crippen LogP) is 2.08. The molecule has 20 heavy (non-hydrogen) atoms. The minimum atomic E-state index is -4.32. The molecule has 1 aliphatic heterocycles. The number of hydrogen-bond donors (Lipinski definition) is 2. The molecular formula is C12H19F3N2O3. The van der Waals surface area contributed by atoms with Crippen LogP contribution in [0, 0.1) is 11.3 Å². The first-order chi connectivity index (χ1) is 9.08. The van der Waals surface area contributed by atoms with Gasteiger partial charge in [0.25, 0.3) is 0 Å². The average Bonchev–Trinajstić information content (AvgIpc) is 2.73. The van der Waals surface area contributed by atoms with Crippen LogP contribution in [0.1, 0.15) is 26.7 Å². The lowest BCUT2D eigenvalue weighted by Gasteiger charge is -2.28. The molecule has 0 spiro atoms. The van der Waals surface area contributed by atoms with Crippen molar-refractivity contribution in [2.24, 2.45) is 11.3 Å². The van der Waals surface area contributed by atoms with Gasteiger partial charge in [0.1, 0.15) is 0 Å². The zero-order valence-electron chi connectivity index (χ0n) is 11.5. The SMILES string of the molecule is CC(C)C1(C(=O)O)CCN(C(=O)NCCC(F)(F)F)C1. The van der Waals surface area contributed by atoms with Gasteiger partial charge in [-0.15, -0.1) is 0 Å². The third-order valence-electron chi connectivity index (χ3n) is 3.80. The number of aliphatic carboxylic acids is 1. The van der Waals surface area contributed by atoms with Crippen molar-refractivity contribution in [3.63, 3.8) is 0 Å². The molecule has 0 aromatic heterocycles. The van der Waals surface area contributed by atoms with Gasteiger partial charge in [-0.3, -0.25) is 4.79 Å². The number of carboxylic acid groups (broad SMARTS) is 1. The van der Waals surface area contributed by atoms with Crippen LogP contribution < -0.4 is 5.32 Å². The van der Waals surface area contributed by atoms with Gasteiger partial charge in [-0.25, -0.2) is 4.79 Å². The van der Waals surface area contributed by atoms with Gasteiger partial charge in [-0.1, -0.05) is 13.8 Å². The molecule has 0 aromatic carbocycles. The molecule has 1 unspecified atom stereocenters. The van der Waals surface area contributed by atoms with Crippen molar-refractivity contribution in [3.8, 4) is 0 Å². The van der Waals surface area contributed by atoms with Crippen molar-refractivity contribution < 1.29 is 27.9 Å². The molecule has 1 heterocycles. The summed E-state index contributed by atoms with van der Waals surface area (Å²) in [6.45, 7) is 3.29. The number of halogens is 3. The molecule has 1 fully saturated rings. The Kier molecular flexibility index (Phi) is 4.88. The lowest BCUT2D eigenvalue weighted by molar-refractivity contribution is -0.150. The van der Waals surface area contributed by atoms with E-state index in [1.165, 1.54) is 4.90 Å². The molecule has 8 heteroatoms. The van der Waals surface area contributed by atoms with Crippen LogP contribution in [0.4, 0.5) is 18.0 Å². The summed E-state index contributed by atoms with van der Waals surface area (Å²) in [7, 11) is 0. The van der Waals surface area contributed by atoms with Crippen molar-refractivity contribution in [1.82, 2.24) is 10.2 Å². The minimum Gasteiger partial charge on any atom is -0.481 e.